The number of nitrogens with two attached hydrogens (primary N) is 2. The van der Waals surface area contributed by atoms with Gasteiger partial charge in [0.25, 0.3) is 5.91 Å². The maximum absolute atomic E-state index is 13.3. The number of hydrogen-bond donors (Lipinski definition) is 3. The van der Waals surface area contributed by atoms with E-state index in [1.54, 1.807) is 24.8 Å². The summed E-state index contributed by atoms with van der Waals surface area (Å²) in [4.78, 5) is 45.0. The van der Waals surface area contributed by atoms with Gasteiger partial charge in [0.05, 0.1) is 23.9 Å². The maximum Gasteiger partial charge on any atom is 0.271 e. The summed E-state index contributed by atoms with van der Waals surface area (Å²) in [7, 11) is 0. The third-order valence-corrected chi connectivity index (χ3v) is 8.13. The van der Waals surface area contributed by atoms with E-state index < -0.39 is 0 Å². The van der Waals surface area contributed by atoms with Gasteiger partial charge in [-0.25, -0.2) is 9.97 Å². The SMILES string of the molecule is CC(=O)c1c(C2C[C@H]3CC[C@@H](C2)N3C(=O)C2=NN=C(N)C2)nc2c(-c3ccc(-c4ncc[nH]4)nc3)cnn2c1N. The number of Topliss-reactive ketones (excluding diaryl/α,β-unsaturated/α-hetero) is 1. The van der Waals surface area contributed by atoms with E-state index in [-0.39, 0.29) is 41.9 Å². The maximum atomic E-state index is 13.3. The Balaban J connectivity index is 1.24. The molecular formula is C27H27N11O2. The van der Waals surface area contributed by atoms with Crippen LogP contribution in [0.25, 0.3) is 28.3 Å². The minimum Gasteiger partial charge on any atom is -0.385 e. The zero-order valence-corrected chi connectivity index (χ0v) is 21.8. The molecule has 0 aromatic carbocycles. The van der Waals surface area contributed by atoms with Crippen LogP contribution < -0.4 is 11.5 Å². The fourth-order valence-electron chi connectivity index (χ4n) is 6.36. The molecule has 7 rings (SSSR count). The Morgan fingerprint density at radius 3 is 2.48 bits per heavy atom. The summed E-state index contributed by atoms with van der Waals surface area (Å²) in [6, 6.07) is 3.85. The van der Waals surface area contributed by atoms with Gasteiger partial charge in [-0.1, -0.05) is 6.07 Å². The van der Waals surface area contributed by atoms with Gasteiger partial charge in [-0.2, -0.15) is 9.61 Å². The third kappa shape index (κ3) is 3.76. The average molecular weight is 538 g/mol. The number of aromatic amines is 1. The molecule has 2 saturated heterocycles. The van der Waals surface area contributed by atoms with Crippen LogP contribution in [0.1, 0.15) is 61.0 Å². The number of piperidine rings is 1. The number of amidine groups is 1. The first kappa shape index (κ1) is 24.1. The molecule has 2 fully saturated rings. The number of nitrogens with one attached hydrogen (secondary N) is 1. The van der Waals surface area contributed by atoms with Crippen molar-refractivity contribution in [3.05, 3.63) is 48.2 Å². The minimum absolute atomic E-state index is 0.0163. The van der Waals surface area contributed by atoms with E-state index in [2.05, 4.69) is 30.3 Å². The van der Waals surface area contributed by atoms with Gasteiger partial charge < -0.3 is 21.4 Å². The number of imidazole rings is 1. The first-order valence-corrected chi connectivity index (χ1v) is 13.2. The molecule has 7 heterocycles. The third-order valence-electron chi connectivity index (χ3n) is 8.13. The number of carbonyl (C=O) groups is 2. The Kier molecular flexibility index (Phi) is 5.47. The van der Waals surface area contributed by atoms with E-state index in [1.807, 2.05) is 17.0 Å². The molecule has 5 N–H and O–H groups in total. The zero-order valence-electron chi connectivity index (χ0n) is 21.8. The highest BCUT2D eigenvalue weighted by Crippen LogP contribution is 2.45. The molecule has 3 aliphatic heterocycles. The van der Waals surface area contributed by atoms with Crippen LogP contribution in [-0.4, -0.2) is 69.8 Å². The summed E-state index contributed by atoms with van der Waals surface area (Å²) in [5.41, 5.74) is 16.6. The highest BCUT2D eigenvalue weighted by molar-refractivity contribution is 6.43. The second-order valence-corrected chi connectivity index (χ2v) is 10.6. The predicted octanol–water partition coefficient (Wildman–Crippen LogP) is 2.32. The van der Waals surface area contributed by atoms with Gasteiger partial charge in [0.15, 0.2) is 17.3 Å². The molecule has 13 nitrogen and oxygen atoms in total. The second-order valence-electron chi connectivity index (χ2n) is 10.6. The van der Waals surface area contributed by atoms with Gasteiger partial charge in [-0.3, -0.25) is 14.6 Å². The lowest BCUT2D eigenvalue weighted by Crippen LogP contribution is -2.49. The van der Waals surface area contributed by atoms with Crippen LogP contribution in [-0.2, 0) is 4.79 Å². The Morgan fingerprint density at radius 2 is 1.85 bits per heavy atom. The molecule has 3 aliphatic rings. The summed E-state index contributed by atoms with van der Waals surface area (Å²) in [5, 5.41) is 12.3. The number of rotatable bonds is 5. The van der Waals surface area contributed by atoms with Crippen molar-refractivity contribution >= 4 is 34.7 Å². The van der Waals surface area contributed by atoms with Crippen molar-refractivity contribution < 1.29 is 9.59 Å². The van der Waals surface area contributed by atoms with E-state index in [4.69, 9.17) is 16.5 Å². The molecule has 13 heteroatoms. The van der Waals surface area contributed by atoms with E-state index in [9.17, 15) is 9.59 Å². The van der Waals surface area contributed by atoms with Crippen molar-refractivity contribution in [3.63, 3.8) is 0 Å². The Bertz CT molecular complexity index is 1710. The van der Waals surface area contributed by atoms with Crippen molar-refractivity contribution in [2.24, 2.45) is 15.9 Å². The minimum atomic E-state index is -0.165. The number of ketones is 1. The lowest BCUT2D eigenvalue weighted by atomic mass is 9.85. The topological polar surface area (TPSA) is 186 Å². The van der Waals surface area contributed by atoms with Crippen LogP contribution in [0.2, 0.25) is 0 Å². The molecule has 0 saturated carbocycles. The van der Waals surface area contributed by atoms with Crippen LogP contribution >= 0.6 is 0 Å². The number of carbonyl (C=O) groups excluding carboxylic acids is 2. The van der Waals surface area contributed by atoms with E-state index in [1.165, 1.54) is 11.4 Å². The van der Waals surface area contributed by atoms with Crippen LogP contribution in [0.15, 0.2) is 47.1 Å². The molecular weight excluding hydrogens is 510 g/mol. The van der Waals surface area contributed by atoms with Gasteiger partial charge in [-0.05, 0) is 38.7 Å². The largest absolute Gasteiger partial charge is 0.385 e. The lowest BCUT2D eigenvalue weighted by Gasteiger charge is -2.39. The van der Waals surface area contributed by atoms with Crippen LogP contribution in [0.3, 0.4) is 0 Å². The number of nitrogens with zero attached hydrogens (tertiary/aromatic N) is 8. The van der Waals surface area contributed by atoms with Crippen molar-refractivity contribution in [2.75, 3.05) is 5.73 Å². The Labute approximate surface area is 228 Å². The number of fused-ring (bicyclic) bond motifs is 3. The predicted molar refractivity (Wildman–Crippen MR) is 148 cm³/mol. The van der Waals surface area contributed by atoms with Gasteiger partial charge in [-0.15, -0.1) is 10.2 Å². The molecule has 2 bridgehead atoms. The molecule has 0 spiro atoms. The number of anilines is 1. The monoisotopic (exact) mass is 537 g/mol. The molecule has 4 aromatic rings. The Hall–Kier alpha value is -4.94. The van der Waals surface area contributed by atoms with E-state index in [0.29, 0.717) is 52.8 Å². The smallest absolute Gasteiger partial charge is 0.271 e. The highest BCUT2D eigenvalue weighted by atomic mass is 16.2. The van der Waals surface area contributed by atoms with Crippen LogP contribution in [0, 0.1) is 0 Å². The Morgan fingerprint density at radius 1 is 1.05 bits per heavy atom. The number of pyridine rings is 1. The first-order chi connectivity index (χ1) is 19.4. The summed E-state index contributed by atoms with van der Waals surface area (Å²) < 4.78 is 1.52. The van der Waals surface area contributed by atoms with Gasteiger partial charge in [0.2, 0.25) is 0 Å². The summed E-state index contributed by atoms with van der Waals surface area (Å²) >= 11 is 0. The first-order valence-electron chi connectivity index (χ1n) is 13.2. The van der Waals surface area contributed by atoms with Gasteiger partial charge >= 0.3 is 0 Å². The fourth-order valence-corrected chi connectivity index (χ4v) is 6.36. The van der Waals surface area contributed by atoms with Gasteiger partial charge in [0, 0.05) is 47.7 Å². The van der Waals surface area contributed by atoms with Crippen molar-refractivity contribution in [1.29, 1.82) is 0 Å². The molecule has 0 aliphatic carbocycles. The standard InChI is InChI=1S/C27H27N11O2/c1-13(39)22-23(15-8-16-3-4-17(9-15)37(16)27(40)20-10-21(28)36-35-20)34-26-18(12-33-38(26)24(22)29)14-2-5-19(32-11-14)25-30-6-7-31-25/h2,5-7,11-12,15-17H,3-4,8-10,29H2,1H3,(H2,28,36)(H,30,31)/t15?,16-,17+. The zero-order chi connectivity index (χ0) is 27.5. The van der Waals surface area contributed by atoms with E-state index in [0.717, 1.165) is 24.0 Å². The average Bonchev–Trinajstić information content (AvgIpc) is 3.75. The normalized spacial score (nSPS) is 22.0. The van der Waals surface area contributed by atoms with Crippen molar-refractivity contribution in [3.8, 4) is 22.6 Å². The van der Waals surface area contributed by atoms with Crippen LogP contribution in [0.4, 0.5) is 5.82 Å². The summed E-state index contributed by atoms with van der Waals surface area (Å²) in [6.07, 6.45) is 10.3. The van der Waals surface area contributed by atoms with Gasteiger partial charge in [0.1, 0.15) is 23.1 Å². The molecule has 1 unspecified atom stereocenters. The number of aromatic nitrogens is 6. The lowest BCUT2D eigenvalue weighted by molar-refractivity contribution is -0.128. The molecule has 202 valence electrons. The molecule has 0 radical (unpaired) electrons. The van der Waals surface area contributed by atoms with E-state index >= 15 is 0 Å². The number of hydrogen-bond acceptors (Lipinski definition) is 10. The number of H-pyrrole nitrogens is 1. The summed E-state index contributed by atoms with van der Waals surface area (Å²) in [5.74, 6) is 0.986. The molecule has 1 amide bonds. The fraction of sp³-hybridized carbons (Fsp3) is 0.333. The molecule has 40 heavy (non-hydrogen) atoms. The quantitative estimate of drug-likeness (QED) is 0.324. The van der Waals surface area contributed by atoms with Crippen molar-refractivity contribution in [1.82, 2.24) is 34.4 Å². The van der Waals surface area contributed by atoms with Crippen molar-refractivity contribution in [2.45, 2.75) is 57.0 Å². The highest BCUT2D eigenvalue weighted by Gasteiger charge is 2.46. The van der Waals surface area contributed by atoms with Crippen LogP contribution in [0.5, 0.6) is 0 Å². The number of nitrogen functional groups attached to an aromatic ring is 1. The summed E-state index contributed by atoms with van der Waals surface area (Å²) in [6.45, 7) is 1.50. The number of amides is 1. The second kappa shape index (κ2) is 9.07. The molecule has 3 atom stereocenters. The molecule has 4 aromatic heterocycles.